The second-order valence-electron chi connectivity index (χ2n) is 22.4. The second kappa shape index (κ2) is 62.6. The summed E-state index contributed by atoms with van der Waals surface area (Å²) < 4.78 is 5.49. The molecule has 0 bridgehead atoms. The van der Waals surface area contributed by atoms with Crippen LogP contribution in [0.25, 0.3) is 0 Å². The number of aliphatic hydroxyl groups is 2. The van der Waals surface area contributed by atoms with E-state index >= 15 is 0 Å². The summed E-state index contributed by atoms with van der Waals surface area (Å²) in [5, 5.41) is 23.3. The van der Waals surface area contributed by atoms with Crippen molar-refractivity contribution in [2.45, 2.75) is 366 Å². The minimum atomic E-state index is -0.671. The highest BCUT2D eigenvalue weighted by molar-refractivity contribution is 5.76. The molecule has 1 amide bonds. The first-order chi connectivity index (χ1) is 36.0. The minimum absolute atomic E-state index is 0.00445. The van der Waals surface area contributed by atoms with Gasteiger partial charge in [-0.15, -0.1) is 0 Å². The van der Waals surface area contributed by atoms with E-state index in [1.54, 1.807) is 0 Å². The molecule has 0 rings (SSSR count). The van der Waals surface area contributed by atoms with Crippen molar-refractivity contribution in [1.82, 2.24) is 5.32 Å². The van der Waals surface area contributed by atoms with E-state index in [0.29, 0.717) is 25.9 Å². The molecule has 3 N–H and O–H groups in total. The molecular weight excluding hydrogens is 899 g/mol. The van der Waals surface area contributed by atoms with Crippen molar-refractivity contribution < 1.29 is 24.5 Å². The zero-order chi connectivity index (χ0) is 52.9. The lowest BCUT2D eigenvalue weighted by molar-refractivity contribution is -0.143. The van der Waals surface area contributed by atoms with Crippen molar-refractivity contribution in [3.05, 3.63) is 36.5 Å². The van der Waals surface area contributed by atoms with Gasteiger partial charge in [0.15, 0.2) is 0 Å². The number of aliphatic hydroxyl groups excluding tert-OH is 2. The Balaban J connectivity index is 3.43. The van der Waals surface area contributed by atoms with E-state index in [9.17, 15) is 19.8 Å². The van der Waals surface area contributed by atoms with E-state index in [1.807, 2.05) is 0 Å². The third kappa shape index (κ3) is 59.2. The summed E-state index contributed by atoms with van der Waals surface area (Å²) in [7, 11) is 0. The van der Waals surface area contributed by atoms with Crippen LogP contribution in [0.5, 0.6) is 0 Å². The molecule has 0 aromatic rings. The summed E-state index contributed by atoms with van der Waals surface area (Å²) in [5.74, 6) is -0.0394. The second-order valence-corrected chi connectivity index (χ2v) is 22.4. The fourth-order valence-electron chi connectivity index (χ4n) is 10.1. The molecule has 430 valence electrons. The number of hydrogen-bond donors (Lipinski definition) is 3. The van der Waals surface area contributed by atoms with Crippen LogP contribution < -0.4 is 5.32 Å². The smallest absolute Gasteiger partial charge is 0.305 e. The molecule has 2 unspecified atom stereocenters. The van der Waals surface area contributed by atoms with Crippen molar-refractivity contribution >= 4 is 11.9 Å². The van der Waals surface area contributed by atoms with Gasteiger partial charge in [0.1, 0.15) is 0 Å². The van der Waals surface area contributed by atoms with Crippen molar-refractivity contribution in [2.24, 2.45) is 0 Å². The Hall–Kier alpha value is -1.92. The third-order valence-corrected chi connectivity index (χ3v) is 15.2. The molecule has 0 saturated carbocycles. The van der Waals surface area contributed by atoms with E-state index in [4.69, 9.17) is 4.74 Å². The quantitative estimate of drug-likeness (QED) is 0.0320. The van der Waals surface area contributed by atoms with E-state index in [2.05, 4.69) is 55.6 Å². The standard InChI is InChI=1S/C67H127NO5/c1-3-5-7-9-11-13-15-17-19-20-29-33-37-41-45-49-53-57-61-67(72)73-62-58-54-50-46-42-38-34-30-27-25-23-21-22-24-26-28-32-36-40-44-48-52-56-60-66(71)68-64(63-69)65(70)59-55-51-47-43-39-35-31-18-16-14-12-10-8-6-4-2/h19-21,23-24,26,64-65,69-70H,3-18,22,25,27-63H2,1-2H3,(H,68,71)/b20-19-,23-21-,26-24-. The lowest BCUT2D eigenvalue weighted by Gasteiger charge is -2.22. The monoisotopic (exact) mass is 1030 g/mol. The Morgan fingerprint density at radius 1 is 0.384 bits per heavy atom. The maximum atomic E-state index is 12.5. The Labute approximate surface area is 455 Å². The van der Waals surface area contributed by atoms with E-state index in [1.165, 1.54) is 263 Å². The number of rotatable bonds is 61. The molecule has 0 aromatic carbocycles. The van der Waals surface area contributed by atoms with Gasteiger partial charge in [0.2, 0.25) is 5.91 Å². The first kappa shape index (κ1) is 71.1. The van der Waals surface area contributed by atoms with Crippen LogP contribution in [0.3, 0.4) is 0 Å². The lowest BCUT2D eigenvalue weighted by atomic mass is 10.0. The van der Waals surface area contributed by atoms with Gasteiger partial charge >= 0.3 is 5.97 Å². The molecule has 6 heteroatoms. The van der Waals surface area contributed by atoms with Crippen LogP contribution in [0.2, 0.25) is 0 Å². The molecule has 0 radical (unpaired) electrons. The molecule has 0 spiro atoms. The van der Waals surface area contributed by atoms with Gasteiger partial charge in [-0.05, 0) is 83.5 Å². The van der Waals surface area contributed by atoms with Gasteiger partial charge in [0.05, 0.1) is 25.4 Å². The minimum Gasteiger partial charge on any atom is -0.466 e. The largest absolute Gasteiger partial charge is 0.466 e. The fourth-order valence-corrected chi connectivity index (χ4v) is 10.1. The molecule has 0 aliphatic heterocycles. The number of carbonyl (C=O) groups is 2. The number of hydrogen-bond acceptors (Lipinski definition) is 5. The molecule has 2 atom stereocenters. The fraction of sp³-hybridized carbons (Fsp3) is 0.881. The van der Waals surface area contributed by atoms with E-state index < -0.39 is 12.1 Å². The van der Waals surface area contributed by atoms with Gasteiger partial charge < -0.3 is 20.3 Å². The molecule has 73 heavy (non-hydrogen) atoms. The van der Waals surface area contributed by atoms with Crippen LogP contribution in [0.4, 0.5) is 0 Å². The molecule has 0 fully saturated rings. The summed E-state index contributed by atoms with van der Waals surface area (Å²) in [6, 6.07) is -0.549. The number of carbonyl (C=O) groups excluding carboxylic acids is 2. The third-order valence-electron chi connectivity index (χ3n) is 15.2. The Morgan fingerprint density at radius 3 is 1.05 bits per heavy atom. The predicted octanol–water partition coefficient (Wildman–Crippen LogP) is 20.8. The SMILES string of the molecule is CCCCCCCCC/C=C\CCCCCCCCCC(=O)OCCCCCCCCCCC/C=C\C/C=C\CCCCCCCCCC(=O)NC(CO)C(O)CCCCCCCCCCCCCCCCC. The normalized spacial score (nSPS) is 12.8. The maximum absolute atomic E-state index is 12.5. The lowest BCUT2D eigenvalue weighted by Crippen LogP contribution is -2.45. The van der Waals surface area contributed by atoms with Crippen LogP contribution in [-0.4, -0.2) is 47.4 Å². The number of nitrogens with one attached hydrogen (secondary N) is 1. The van der Waals surface area contributed by atoms with Gasteiger partial charge in [-0.2, -0.15) is 0 Å². The summed E-state index contributed by atoms with van der Waals surface area (Å²) >= 11 is 0. The average Bonchev–Trinajstić information content (AvgIpc) is 3.39. The van der Waals surface area contributed by atoms with Gasteiger partial charge in [-0.1, -0.05) is 294 Å². The highest BCUT2D eigenvalue weighted by Gasteiger charge is 2.20. The molecule has 0 aliphatic rings. The molecule has 6 nitrogen and oxygen atoms in total. The summed E-state index contributed by atoms with van der Waals surface area (Å²) in [6.45, 7) is 4.96. The molecule has 0 aromatic heterocycles. The summed E-state index contributed by atoms with van der Waals surface area (Å²) in [6.07, 6.45) is 78.8. The van der Waals surface area contributed by atoms with Crippen molar-refractivity contribution in [1.29, 1.82) is 0 Å². The zero-order valence-electron chi connectivity index (χ0n) is 49.1. The van der Waals surface area contributed by atoms with Crippen molar-refractivity contribution in [3.8, 4) is 0 Å². The highest BCUT2D eigenvalue weighted by Crippen LogP contribution is 2.17. The van der Waals surface area contributed by atoms with Gasteiger partial charge in [0, 0.05) is 12.8 Å². The Morgan fingerprint density at radius 2 is 0.685 bits per heavy atom. The molecule has 0 aliphatic carbocycles. The van der Waals surface area contributed by atoms with Crippen molar-refractivity contribution in [3.63, 3.8) is 0 Å². The topological polar surface area (TPSA) is 95.9 Å². The first-order valence-electron chi connectivity index (χ1n) is 32.7. The van der Waals surface area contributed by atoms with Crippen molar-refractivity contribution in [2.75, 3.05) is 13.2 Å². The van der Waals surface area contributed by atoms with E-state index in [0.717, 1.165) is 57.8 Å². The van der Waals surface area contributed by atoms with Gasteiger partial charge in [-0.3, -0.25) is 9.59 Å². The number of ether oxygens (including phenoxy) is 1. The summed E-state index contributed by atoms with van der Waals surface area (Å²) in [4.78, 5) is 24.6. The number of unbranched alkanes of at least 4 members (excludes halogenated alkanes) is 44. The molecular formula is C67H127NO5. The number of esters is 1. The highest BCUT2D eigenvalue weighted by atomic mass is 16.5. The predicted molar refractivity (Wildman–Crippen MR) is 319 cm³/mol. The van der Waals surface area contributed by atoms with Crippen LogP contribution in [0, 0.1) is 0 Å². The molecule has 0 saturated heterocycles. The van der Waals surface area contributed by atoms with Crippen LogP contribution in [0.15, 0.2) is 36.5 Å². The number of allylic oxidation sites excluding steroid dienone is 6. The Kier molecular flexibility index (Phi) is 61.0. The van der Waals surface area contributed by atoms with Crippen LogP contribution in [0.1, 0.15) is 354 Å². The van der Waals surface area contributed by atoms with Crippen LogP contribution >= 0.6 is 0 Å². The van der Waals surface area contributed by atoms with E-state index in [-0.39, 0.29) is 18.5 Å². The summed E-state index contributed by atoms with van der Waals surface area (Å²) in [5.41, 5.74) is 0. The maximum Gasteiger partial charge on any atom is 0.305 e. The molecule has 0 heterocycles. The first-order valence-corrected chi connectivity index (χ1v) is 32.7. The zero-order valence-corrected chi connectivity index (χ0v) is 49.1. The number of amides is 1. The Bertz CT molecular complexity index is 1180. The average molecular weight is 1030 g/mol. The van der Waals surface area contributed by atoms with Gasteiger partial charge in [-0.25, -0.2) is 0 Å². The van der Waals surface area contributed by atoms with Crippen LogP contribution in [-0.2, 0) is 14.3 Å². The van der Waals surface area contributed by atoms with Gasteiger partial charge in [0.25, 0.3) is 0 Å².